The molecule has 0 bridgehead atoms. The van der Waals surface area contributed by atoms with Crippen LogP contribution in [0.4, 0.5) is 0 Å². The van der Waals surface area contributed by atoms with Gasteiger partial charge >= 0.3 is 0 Å². The van der Waals surface area contributed by atoms with Crippen LogP contribution in [0.1, 0.15) is 38.5 Å². The molecule has 0 aromatic heterocycles. The van der Waals surface area contributed by atoms with Crippen molar-refractivity contribution in [1.29, 1.82) is 0 Å². The number of sulfone groups is 1. The Bertz CT molecular complexity index is 455. The van der Waals surface area contributed by atoms with Crippen molar-refractivity contribution in [3.63, 3.8) is 0 Å². The molecule has 0 saturated heterocycles. The van der Waals surface area contributed by atoms with Crippen LogP contribution in [0.15, 0.2) is 0 Å². The van der Waals surface area contributed by atoms with Gasteiger partial charge in [0.2, 0.25) is 5.91 Å². The molecular weight excluding hydrogens is 373 g/mol. The van der Waals surface area contributed by atoms with Crippen molar-refractivity contribution in [1.82, 2.24) is 10.2 Å². The standard InChI is InChI=1S/C15H31N3O3S.2ClH/c1-18(2)14(12-7-5-4-6-8-12)11-17-15(19)13(16)9-10-22(3,20)21;;/h12-14H,4-11,16H2,1-3H3,(H,17,19);2*1H. The molecule has 0 aromatic rings. The van der Waals surface area contributed by atoms with E-state index in [0.29, 0.717) is 18.5 Å². The van der Waals surface area contributed by atoms with E-state index in [2.05, 4.69) is 10.2 Å². The van der Waals surface area contributed by atoms with Crippen LogP contribution in [0.3, 0.4) is 0 Å². The highest BCUT2D eigenvalue weighted by molar-refractivity contribution is 7.90. The molecule has 6 nitrogen and oxygen atoms in total. The maximum atomic E-state index is 12.0. The molecule has 9 heteroatoms. The molecule has 0 spiro atoms. The smallest absolute Gasteiger partial charge is 0.237 e. The molecule has 0 radical (unpaired) electrons. The van der Waals surface area contributed by atoms with E-state index < -0.39 is 15.9 Å². The van der Waals surface area contributed by atoms with E-state index in [1.54, 1.807) is 0 Å². The molecule has 2 unspecified atom stereocenters. The van der Waals surface area contributed by atoms with Gasteiger partial charge in [0.25, 0.3) is 0 Å². The lowest BCUT2D eigenvalue weighted by atomic mass is 9.83. The molecule has 1 aliphatic rings. The second kappa shape index (κ2) is 12.3. The van der Waals surface area contributed by atoms with Crippen LogP contribution in [-0.2, 0) is 14.6 Å². The molecule has 0 aliphatic heterocycles. The fraction of sp³-hybridized carbons (Fsp3) is 0.933. The van der Waals surface area contributed by atoms with Crippen molar-refractivity contribution in [2.24, 2.45) is 11.7 Å². The number of halogens is 2. The Balaban J connectivity index is 0. The largest absolute Gasteiger partial charge is 0.353 e. The Labute approximate surface area is 159 Å². The van der Waals surface area contributed by atoms with Crippen LogP contribution >= 0.6 is 24.8 Å². The molecular formula is C15H33Cl2N3O3S. The number of hydrogen-bond donors (Lipinski definition) is 2. The minimum absolute atomic E-state index is 0. The summed E-state index contributed by atoms with van der Waals surface area (Å²) in [5.41, 5.74) is 5.78. The number of nitrogens with two attached hydrogens (primary N) is 1. The third kappa shape index (κ3) is 10.0. The van der Waals surface area contributed by atoms with E-state index in [4.69, 9.17) is 5.73 Å². The zero-order chi connectivity index (χ0) is 16.8. The lowest BCUT2D eigenvalue weighted by Crippen LogP contribution is -2.49. The van der Waals surface area contributed by atoms with Gasteiger partial charge in [0.1, 0.15) is 9.84 Å². The molecule has 1 aliphatic carbocycles. The fourth-order valence-corrected chi connectivity index (χ4v) is 3.78. The molecule has 146 valence electrons. The molecule has 1 saturated carbocycles. The summed E-state index contributed by atoms with van der Waals surface area (Å²) in [7, 11) is 0.991. The number of rotatable bonds is 8. The molecule has 1 amide bonds. The summed E-state index contributed by atoms with van der Waals surface area (Å²) < 4.78 is 22.3. The van der Waals surface area contributed by atoms with Crippen LogP contribution in [-0.4, -0.2) is 64.0 Å². The predicted octanol–water partition coefficient (Wildman–Crippen LogP) is 1.22. The first-order chi connectivity index (χ1) is 10.2. The fourth-order valence-electron chi connectivity index (χ4n) is 3.10. The Morgan fingerprint density at radius 2 is 1.75 bits per heavy atom. The van der Waals surface area contributed by atoms with Crippen molar-refractivity contribution in [2.45, 2.75) is 50.6 Å². The third-order valence-corrected chi connectivity index (χ3v) is 5.46. The van der Waals surface area contributed by atoms with Gasteiger partial charge < -0.3 is 16.0 Å². The first kappa shape index (κ1) is 26.2. The summed E-state index contributed by atoms with van der Waals surface area (Å²) in [5.74, 6) is 0.295. The van der Waals surface area contributed by atoms with Crippen LogP contribution in [0, 0.1) is 5.92 Å². The minimum atomic E-state index is -3.08. The Morgan fingerprint density at radius 3 is 2.21 bits per heavy atom. The maximum Gasteiger partial charge on any atom is 0.237 e. The zero-order valence-electron chi connectivity index (χ0n) is 14.9. The SMILES string of the molecule is CN(C)C(CNC(=O)C(N)CCS(C)(=O)=O)C1CCCCC1.Cl.Cl. The van der Waals surface area contributed by atoms with E-state index in [1.807, 2.05) is 14.1 Å². The first-order valence-electron chi connectivity index (χ1n) is 8.08. The van der Waals surface area contributed by atoms with Crippen molar-refractivity contribution >= 4 is 40.6 Å². The number of hydrogen-bond acceptors (Lipinski definition) is 5. The molecule has 24 heavy (non-hydrogen) atoms. The molecule has 1 rings (SSSR count). The summed E-state index contributed by atoms with van der Waals surface area (Å²) in [6.07, 6.45) is 7.56. The number of nitrogens with zero attached hydrogens (tertiary/aromatic N) is 1. The molecule has 0 aromatic carbocycles. The highest BCUT2D eigenvalue weighted by Crippen LogP contribution is 2.28. The first-order valence-corrected chi connectivity index (χ1v) is 10.1. The summed E-state index contributed by atoms with van der Waals surface area (Å²) in [5, 5.41) is 2.90. The highest BCUT2D eigenvalue weighted by atomic mass is 35.5. The lowest BCUT2D eigenvalue weighted by molar-refractivity contribution is -0.122. The average Bonchev–Trinajstić information content (AvgIpc) is 2.44. The predicted molar refractivity (Wildman–Crippen MR) is 104 cm³/mol. The van der Waals surface area contributed by atoms with Crippen molar-refractivity contribution < 1.29 is 13.2 Å². The number of carbonyl (C=O) groups excluding carboxylic acids is 1. The Morgan fingerprint density at radius 1 is 1.21 bits per heavy atom. The topological polar surface area (TPSA) is 92.5 Å². The van der Waals surface area contributed by atoms with E-state index >= 15 is 0 Å². The van der Waals surface area contributed by atoms with Gasteiger partial charge in [-0.3, -0.25) is 4.79 Å². The normalized spacial score (nSPS) is 18.2. The zero-order valence-corrected chi connectivity index (χ0v) is 17.3. The number of carbonyl (C=O) groups is 1. The van der Waals surface area contributed by atoms with Crippen LogP contribution in [0.5, 0.6) is 0 Å². The quantitative estimate of drug-likeness (QED) is 0.632. The summed E-state index contributed by atoms with van der Waals surface area (Å²) in [4.78, 5) is 14.2. The van der Waals surface area contributed by atoms with Gasteiger partial charge in [-0.2, -0.15) is 0 Å². The number of nitrogens with one attached hydrogen (secondary N) is 1. The van der Waals surface area contributed by atoms with E-state index in [1.165, 1.54) is 32.1 Å². The summed E-state index contributed by atoms with van der Waals surface area (Å²) >= 11 is 0. The summed E-state index contributed by atoms with van der Waals surface area (Å²) in [6, 6.07) is -0.449. The molecule has 2 atom stereocenters. The highest BCUT2D eigenvalue weighted by Gasteiger charge is 2.26. The van der Waals surface area contributed by atoms with Crippen molar-refractivity contribution in [2.75, 3.05) is 32.6 Å². The van der Waals surface area contributed by atoms with Gasteiger partial charge in [-0.25, -0.2) is 8.42 Å². The van der Waals surface area contributed by atoms with Gasteiger partial charge in [0.15, 0.2) is 0 Å². The second-order valence-corrected chi connectivity index (χ2v) is 8.96. The second-order valence-electron chi connectivity index (χ2n) is 6.70. The summed E-state index contributed by atoms with van der Waals surface area (Å²) in [6.45, 7) is 0.572. The minimum Gasteiger partial charge on any atom is -0.353 e. The van der Waals surface area contributed by atoms with Gasteiger partial charge in [0, 0.05) is 18.8 Å². The Kier molecular flexibility index (Phi) is 13.4. The van der Waals surface area contributed by atoms with E-state index in [9.17, 15) is 13.2 Å². The van der Waals surface area contributed by atoms with Gasteiger partial charge in [-0.1, -0.05) is 19.3 Å². The number of likely N-dealkylation sites (N-methyl/N-ethyl adjacent to an activating group) is 1. The third-order valence-electron chi connectivity index (χ3n) is 4.48. The maximum absolute atomic E-state index is 12.0. The molecule has 0 heterocycles. The average molecular weight is 406 g/mol. The van der Waals surface area contributed by atoms with Gasteiger partial charge in [-0.15, -0.1) is 24.8 Å². The van der Waals surface area contributed by atoms with E-state index in [-0.39, 0.29) is 42.9 Å². The van der Waals surface area contributed by atoms with Crippen LogP contribution in [0.2, 0.25) is 0 Å². The number of amides is 1. The molecule has 1 fully saturated rings. The van der Waals surface area contributed by atoms with Crippen molar-refractivity contribution in [3.8, 4) is 0 Å². The Hall–Kier alpha value is -0.0800. The van der Waals surface area contributed by atoms with Gasteiger partial charge in [-0.05, 0) is 39.3 Å². The van der Waals surface area contributed by atoms with Crippen molar-refractivity contribution in [3.05, 3.63) is 0 Å². The molecule has 3 N–H and O–H groups in total. The van der Waals surface area contributed by atoms with E-state index in [0.717, 1.165) is 6.26 Å². The van der Waals surface area contributed by atoms with Crippen LogP contribution < -0.4 is 11.1 Å². The van der Waals surface area contributed by atoms with Crippen LogP contribution in [0.25, 0.3) is 0 Å². The van der Waals surface area contributed by atoms with Gasteiger partial charge in [0.05, 0.1) is 11.8 Å². The lowest BCUT2D eigenvalue weighted by Gasteiger charge is -2.35. The monoisotopic (exact) mass is 405 g/mol.